The van der Waals surface area contributed by atoms with Gasteiger partial charge in [-0.1, -0.05) is 58.5 Å². The lowest BCUT2D eigenvalue weighted by atomic mass is 10.1. The molecule has 4 aromatic rings. The lowest BCUT2D eigenvalue weighted by Crippen LogP contribution is -2.00. The summed E-state index contributed by atoms with van der Waals surface area (Å²) in [6.07, 6.45) is 0.494. The van der Waals surface area contributed by atoms with Crippen molar-refractivity contribution in [3.8, 4) is 34.5 Å². The van der Waals surface area contributed by atoms with Gasteiger partial charge in [0, 0.05) is 41.1 Å². The first-order chi connectivity index (χ1) is 20.0. The lowest BCUT2D eigenvalue weighted by Gasteiger charge is -2.11. The standard InChI is InChI=1S/C14H7Cl2NO5.C14H9Cl2NO3/c15-10-4-8(17(19)20)5-11(16)14(10)21-9-2-1-7-3-13(18)22-12(7)6-9;15-10-4-8(17)5-11(16)14(10)19-9-2-1-7-3-13(18)20-12(7)6-9/h1-2,4-6H,3H2;1-2,4-6H,3,17H2. The van der Waals surface area contributed by atoms with E-state index in [1.165, 1.54) is 6.07 Å². The third-order valence-corrected chi connectivity index (χ3v) is 6.97. The predicted molar refractivity (Wildman–Crippen MR) is 156 cm³/mol. The Morgan fingerprint density at radius 3 is 1.50 bits per heavy atom. The van der Waals surface area contributed by atoms with Crippen LogP contribution in [0.1, 0.15) is 11.1 Å². The van der Waals surface area contributed by atoms with Gasteiger partial charge in [-0.3, -0.25) is 19.7 Å². The number of non-ortho nitro benzene ring substituents is 1. The van der Waals surface area contributed by atoms with Crippen LogP contribution in [0.2, 0.25) is 20.1 Å². The molecule has 0 atom stereocenters. The fraction of sp³-hybridized carbons (Fsp3) is 0.0714. The van der Waals surface area contributed by atoms with Crippen molar-refractivity contribution >= 4 is 69.7 Å². The smallest absolute Gasteiger partial charge is 0.315 e. The average Bonchev–Trinajstić information content (AvgIpc) is 3.48. The molecule has 2 aliphatic rings. The van der Waals surface area contributed by atoms with Crippen LogP contribution in [0.15, 0.2) is 60.7 Å². The Kier molecular flexibility index (Phi) is 8.33. The Balaban J connectivity index is 0.000000169. The molecule has 0 radical (unpaired) electrons. The number of rotatable bonds is 5. The molecule has 10 nitrogen and oxygen atoms in total. The Morgan fingerprint density at radius 1 is 0.690 bits per heavy atom. The Morgan fingerprint density at radius 2 is 1.10 bits per heavy atom. The molecule has 0 fully saturated rings. The van der Waals surface area contributed by atoms with E-state index >= 15 is 0 Å². The number of esters is 2. The third kappa shape index (κ3) is 6.47. The lowest BCUT2D eigenvalue weighted by molar-refractivity contribution is -0.384. The topological polar surface area (TPSA) is 140 Å². The molecular weight excluding hydrogens is 634 g/mol. The Bertz CT molecular complexity index is 1730. The Hall–Kier alpha value is -4.22. The van der Waals surface area contributed by atoms with E-state index in [0.29, 0.717) is 44.5 Å². The first-order valence-electron chi connectivity index (χ1n) is 11.9. The minimum Gasteiger partial charge on any atom is -0.454 e. The van der Waals surface area contributed by atoms with Gasteiger partial charge in [0.15, 0.2) is 11.5 Å². The van der Waals surface area contributed by atoms with Crippen molar-refractivity contribution < 1.29 is 33.5 Å². The van der Waals surface area contributed by atoms with Crippen LogP contribution in [-0.4, -0.2) is 16.9 Å². The number of fused-ring (bicyclic) bond motifs is 2. The molecule has 42 heavy (non-hydrogen) atoms. The number of anilines is 1. The summed E-state index contributed by atoms with van der Waals surface area (Å²) < 4.78 is 21.3. The second-order valence-electron chi connectivity index (χ2n) is 8.85. The number of ether oxygens (including phenoxy) is 4. The molecule has 0 aromatic heterocycles. The summed E-state index contributed by atoms with van der Waals surface area (Å²) in [5.74, 6) is 1.54. The molecule has 0 saturated heterocycles. The van der Waals surface area contributed by atoms with Gasteiger partial charge >= 0.3 is 11.9 Å². The maximum Gasteiger partial charge on any atom is 0.315 e. The summed E-state index contributed by atoms with van der Waals surface area (Å²) >= 11 is 24.0. The minimum absolute atomic E-state index is 0.0108. The molecule has 2 aliphatic heterocycles. The van der Waals surface area contributed by atoms with Gasteiger partial charge in [-0.05, 0) is 24.3 Å². The highest BCUT2D eigenvalue weighted by Gasteiger charge is 2.23. The maximum atomic E-state index is 11.2. The van der Waals surface area contributed by atoms with Crippen molar-refractivity contribution in [2.24, 2.45) is 0 Å². The summed E-state index contributed by atoms with van der Waals surface area (Å²) in [5, 5.41) is 11.4. The van der Waals surface area contributed by atoms with Gasteiger partial charge in [-0.15, -0.1) is 0 Å². The number of nitro groups is 1. The van der Waals surface area contributed by atoms with Crippen LogP contribution < -0.4 is 24.7 Å². The molecule has 0 unspecified atom stereocenters. The molecule has 0 bridgehead atoms. The summed E-state index contributed by atoms with van der Waals surface area (Å²) in [5.41, 5.74) is 7.44. The van der Waals surface area contributed by atoms with Crippen LogP contribution in [0, 0.1) is 10.1 Å². The highest BCUT2D eigenvalue weighted by Crippen LogP contribution is 2.42. The largest absolute Gasteiger partial charge is 0.454 e. The summed E-state index contributed by atoms with van der Waals surface area (Å²) in [6.45, 7) is 0. The van der Waals surface area contributed by atoms with E-state index in [0.717, 1.165) is 23.3 Å². The zero-order valence-electron chi connectivity index (χ0n) is 21.0. The molecule has 4 aromatic carbocycles. The normalized spacial score (nSPS) is 12.9. The van der Waals surface area contributed by atoms with Crippen LogP contribution in [0.4, 0.5) is 11.4 Å². The monoisotopic (exact) mass is 648 g/mol. The molecule has 2 heterocycles. The minimum atomic E-state index is -0.601. The van der Waals surface area contributed by atoms with Gasteiger partial charge in [0.05, 0.1) is 37.9 Å². The van der Waals surface area contributed by atoms with Crippen LogP contribution in [0.25, 0.3) is 0 Å². The summed E-state index contributed by atoms with van der Waals surface area (Å²) in [6, 6.07) is 15.4. The van der Waals surface area contributed by atoms with Crippen molar-refractivity contribution in [3.05, 3.63) is 102 Å². The number of benzene rings is 4. The zero-order chi connectivity index (χ0) is 30.1. The van der Waals surface area contributed by atoms with E-state index in [-0.39, 0.29) is 46.3 Å². The quantitative estimate of drug-likeness (QED) is 0.0748. The van der Waals surface area contributed by atoms with Gasteiger partial charge < -0.3 is 24.7 Å². The van der Waals surface area contributed by atoms with Gasteiger partial charge in [0.1, 0.15) is 23.0 Å². The van der Waals surface area contributed by atoms with Crippen molar-refractivity contribution in [2.75, 3.05) is 5.73 Å². The van der Waals surface area contributed by atoms with E-state index in [2.05, 4.69) is 0 Å². The van der Waals surface area contributed by atoms with Gasteiger partial charge in [-0.2, -0.15) is 0 Å². The van der Waals surface area contributed by atoms with Crippen LogP contribution in [-0.2, 0) is 22.4 Å². The second kappa shape index (κ2) is 11.9. The van der Waals surface area contributed by atoms with E-state index in [9.17, 15) is 19.7 Å². The number of nitrogens with zero attached hydrogens (tertiary/aromatic N) is 1. The number of halogens is 4. The first-order valence-corrected chi connectivity index (χ1v) is 13.4. The van der Waals surface area contributed by atoms with Gasteiger partial charge in [-0.25, -0.2) is 0 Å². The number of hydrogen-bond donors (Lipinski definition) is 1. The van der Waals surface area contributed by atoms with E-state index in [4.69, 9.17) is 71.1 Å². The average molecular weight is 650 g/mol. The highest BCUT2D eigenvalue weighted by molar-refractivity contribution is 6.38. The number of hydrogen-bond acceptors (Lipinski definition) is 9. The van der Waals surface area contributed by atoms with E-state index in [1.54, 1.807) is 42.5 Å². The first kappa shape index (κ1) is 29.3. The van der Waals surface area contributed by atoms with Crippen LogP contribution in [0.3, 0.4) is 0 Å². The van der Waals surface area contributed by atoms with E-state index in [1.807, 2.05) is 0 Å². The van der Waals surface area contributed by atoms with E-state index < -0.39 is 4.92 Å². The molecular formula is C28H16Cl4N2O8. The molecule has 0 saturated carbocycles. The van der Waals surface area contributed by atoms with Crippen molar-refractivity contribution in [2.45, 2.75) is 12.8 Å². The fourth-order valence-corrected chi connectivity index (χ4v) is 5.10. The molecule has 6 rings (SSSR count). The molecule has 14 heteroatoms. The van der Waals surface area contributed by atoms with Gasteiger partial charge in [0.2, 0.25) is 0 Å². The molecule has 2 N–H and O–H groups in total. The second-order valence-corrected chi connectivity index (χ2v) is 10.5. The van der Waals surface area contributed by atoms with Gasteiger partial charge in [0.25, 0.3) is 5.69 Å². The van der Waals surface area contributed by atoms with Crippen LogP contribution in [0.5, 0.6) is 34.5 Å². The highest BCUT2D eigenvalue weighted by atomic mass is 35.5. The van der Waals surface area contributed by atoms with Crippen molar-refractivity contribution in [1.82, 2.24) is 0 Å². The third-order valence-electron chi connectivity index (χ3n) is 5.85. The van der Waals surface area contributed by atoms with Crippen LogP contribution >= 0.6 is 46.4 Å². The molecule has 214 valence electrons. The summed E-state index contributed by atoms with van der Waals surface area (Å²) in [7, 11) is 0. The number of nitrogen functional groups attached to an aromatic ring is 1. The molecule has 0 amide bonds. The fourth-order valence-electron chi connectivity index (χ4n) is 3.97. The number of carbonyl (C=O) groups excluding carboxylic acids is 2. The molecule has 0 aliphatic carbocycles. The number of nitrogens with two attached hydrogens (primary N) is 1. The van der Waals surface area contributed by atoms with Crippen molar-refractivity contribution in [1.29, 1.82) is 0 Å². The number of nitro benzene ring substituents is 1. The molecule has 0 spiro atoms. The number of carbonyl (C=O) groups is 2. The van der Waals surface area contributed by atoms with Crippen molar-refractivity contribution in [3.63, 3.8) is 0 Å². The maximum absolute atomic E-state index is 11.2. The SMILES string of the molecule is Nc1cc(Cl)c(Oc2ccc3c(c2)OC(=O)C3)c(Cl)c1.O=C1Cc2ccc(Oc3c(Cl)cc([N+](=O)[O-])cc3Cl)cc2O1. The summed E-state index contributed by atoms with van der Waals surface area (Å²) in [4.78, 5) is 32.5. The Labute approximate surface area is 257 Å². The predicted octanol–water partition coefficient (Wildman–Crippen LogP) is 7.98. The zero-order valence-corrected chi connectivity index (χ0v) is 24.0.